The van der Waals surface area contributed by atoms with Crippen molar-refractivity contribution in [2.75, 3.05) is 6.54 Å². The first-order valence-corrected chi connectivity index (χ1v) is 5.62. The molecule has 0 saturated carbocycles. The van der Waals surface area contributed by atoms with Crippen molar-refractivity contribution in [2.24, 2.45) is 7.05 Å². The van der Waals surface area contributed by atoms with Gasteiger partial charge in [-0.2, -0.15) is 5.10 Å². The van der Waals surface area contributed by atoms with E-state index in [2.05, 4.69) is 10.4 Å². The summed E-state index contributed by atoms with van der Waals surface area (Å²) in [4.78, 5) is 0. The zero-order chi connectivity index (χ0) is 11.1. The zero-order valence-electron chi connectivity index (χ0n) is 8.90. The molecule has 3 rings (SSSR count). The highest BCUT2D eigenvalue weighted by Gasteiger charge is 2.27. The fourth-order valence-electron chi connectivity index (χ4n) is 2.14. The lowest BCUT2D eigenvalue weighted by molar-refractivity contribution is 0.425. The molecule has 1 unspecified atom stereocenters. The van der Waals surface area contributed by atoms with E-state index in [0.29, 0.717) is 5.15 Å². The standard InChI is InChI=1S/C11H12ClN3O/c1-15-11(12)8(6-14-15)9-10-7(2-4-13-9)3-5-16-10/h3,5-6,9,13H,2,4H2,1H3. The van der Waals surface area contributed by atoms with Gasteiger partial charge >= 0.3 is 0 Å². The molecule has 0 aliphatic carbocycles. The van der Waals surface area contributed by atoms with Crippen molar-refractivity contribution in [3.8, 4) is 0 Å². The van der Waals surface area contributed by atoms with Crippen LogP contribution in [-0.4, -0.2) is 16.3 Å². The number of hydrogen-bond donors (Lipinski definition) is 1. The highest BCUT2D eigenvalue weighted by molar-refractivity contribution is 6.30. The van der Waals surface area contributed by atoms with E-state index in [1.807, 2.05) is 13.1 Å². The third kappa shape index (κ3) is 1.37. The summed E-state index contributed by atoms with van der Waals surface area (Å²) in [5.74, 6) is 0.959. The molecular weight excluding hydrogens is 226 g/mol. The Balaban J connectivity index is 2.07. The minimum atomic E-state index is 0.0277. The predicted molar refractivity (Wildman–Crippen MR) is 60.5 cm³/mol. The molecule has 0 amide bonds. The maximum Gasteiger partial charge on any atom is 0.131 e. The summed E-state index contributed by atoms with van der Waals surface area (Å²) in [6, 6.07) is 2.05. The lowest BCUT2D eigenvalue weighted by atomic mass is 9.99. The predicted octanol–water partition coefficient (Wildman–Crippen LogP) is 1.90. The van der Waals surface area contributed by atoms with Gasteiger partial charge in [-0.05, 0) is 18.1 Å². The van der Waals surface area contributed by atoms with Gasteiger partial charge in [0.05, 0.1) is 18.5 Å². The summed E-state index contributed by atoms with van der Waals surface area (Å²) in [7, 11) is 1.83. The monoisotopic (exact) mass is 237 g/mol. The van der Waals surface area contributed by atoms with Crippen molar-refractivity contribution in [3.63, 3.8) is 0 Å². The van der Waals surface area contributed by atoms with Gasteiger partial charge in [-0.1, -0.05) is 11.6 Å². The largest absolute Gasteiger partial charge is 0.467 e. The van der Waals surface area contributed by atoms with Crippen LogP contribution in [0.2, 0.25) is 5.15 Å². The van der Waals surface area contributed by atoms with E-state index >= 15 is 0 Å². The second-order valence-electron chi connectivity index (χ2n) is 3.96. The summed E-state index contributed by atoms with van der Waals surface area (Å²) in [6.07, 6.45) is 4.52. The molecule has 84 valence electrons. The number of aromatic nitrogens is 2. The number of hydrogen-bond acceptors (Lipinski definition) is 3. The lowest BCUT2D eigenvalue weighted by Crippen LogP contribution is -2.29. The first-order chi connectivity index (χ1) is 7.77. The molecule has 0 saturated heterocycles. The quantitative estimate of drug-likeness (QED) is 0.824. The van der Waals surface area contributed by atoms with Crippen molar-refractivity contribution in [3.05, 3.63) is 40.6 Å². The fraction of sp³-hybridized carbons (Fsp3) is 0.364. The smallest absolute Gasteiger partial charge is 0.131 e. The number of rotatable bonds is 1. The number of halogens is 1. The Morgan fingerprint density at radius 3 is 3.25 bits per heavy atom. The fourth-order valence-corrected chi connectivity index (χ4v) is 2.34. The van der Waals surface area contributed by atoms with Crippen molar-refractivity contribution < 1.29 is 4.42 Å². The molecule has 5 heteroatoms. The Morgan fingerprint density at radius 2 is 2.50 bits per heavy atom. The summed E-state index contributed by atoms with van der Waals surface area (Å²) < 4.78 is 7.19. The molecule has 0 aromatic carbocycles. The second kappa shape index (κ2) is 3.64. The molecular formula is C11H12ClN3O. The molecule has 0 bridgehead atoms. The average Bonchev–Trinajstić information content (AvgIpc) is 2.87. The van der Waals surface area contributed by atoms with Crippen molar-refractivity contribution in [1.82, 2.24) is 15.1 Å². The Labute approximate surface area is 98.2 Å². The Hall–Kier alpha value is -1.26. The summed E-state index contributed by atoms with van der Waals surface area (Å²) in [5.41, 5.74) is 2.23. The van der Waals surface area contributed by atoms with Crippen LogP contribution in [0.15, 0.2) is 22.9 Å². The van der Waals surface area contributed by atoms with Crippen LogP contribution in [0.3, 0.4) is 0 Å². The number of fused-ring (bicyclic) bond motifs is 1. The van der Waals surface area contributed by atoms with Crippen LogP contribution in [0.25, 0.3) is 0 Å². The number of nitrogens with one attached hydrogen (secondary N) is 1. The van der Waals surface area contributed by atoms with E-state index in [9.17, 15) is 0 Å². The highest BCUT2D eigenvalue weighted by Crippen LogP contribution is 2.32. The normalized spacial score (nSPS) is 19.8. The molecule has 2 aromatic heterocycles. The van der Waals surface area contributed by atoms with Gasteiger partial charge in [0.15, 0.2) is 0 Å². The Morgan fingerprint density at radius 1 is 1.62 bits per heavy atom. The lowest BCUT2D eigenvalue weighted by Gasteiger charge is -2.22. The van der Waals surface area contributed by atoms with Gasteiger partial charge in [-0.3, -0.25) is 4.68 Å². The molecule has 4 nitrogen and oxygen atoms in total. The van der Waals surface area contributed by atoms with Crippen LogP contribution in [0, 0.1) is 0 Å². The van der Waals surface area contributed by atoms with E-state index in [0.717, 1.165) is 24.3 Å². The molecule has 0 radical (unpaired) electrons. The summed E-state index contributed by atoms with van der Waals surface area (Å²) in [6.45, 7) is 0.933. The average molecular weight is 238 g/mol. The maximum absolute atomic E-state index is 6.19. The first-order valence-electron chi connectivity index (χ1n) is 5.24. The van der Waals surface area contributed by atoms with Gasteiger partial charge in [-0.25, -0.2) is 0 Å². The molecule has 1 aliphatic heterocycles. The van der Waals surface area contributed by atoms with Crippen LogP contribution >= 0.6 is 11.6 Å². The number of nitrogens with zero attached hydrogens (tertiary/aromatic N) is 2. The summed E-state index contributed by atoms with van der Waals surface area (Å²) >= 11 is 6.19. The highest BCUT2D eigenvalue weighted by atomic mass is 35.5. The van der Waals surface area contributed by atoms with E-state index in [4.69, 9.17) is 16.0 Å². The van der Waals surface area contributed by atoms with Gasteiger partial charge < -0.3 is 9.73 Å². The first kappa shape index (κ1) is 9.93. The molecule has 0 fully saturated rings. The van der Waals surface area contributed by atoms with E-state index < -0.39 is 0 Å². The molecule has 1 aliphatic rings. The molecule has 16 heavy (non-hydrogen) atoms. The summed E-state index contributed by atoms with van der Waals surface area (Å²) in [5, 5.41) is 8.21. The second-order valence-corrected chi connectivity index (χ2v) is 4.32. The Bertz CT molecular complexity index is 517. The molecule has 0 spiro atoms. The van der Waals surface area contributed by atoms with E-state index in [1.165, 1.54) is 5.56 Å². The van der Waals surface area contributed by atoms with Gasteiger partial charge in [0.25, 0.3) is 0 Å². The minimum Gasteiger partial charge on any atom is -0.467 e. The maximum atomic E-state index is 6.19. The molecule has 1 N–H and O–H groups in total. The van der Waals surface area contributed by atoms with Crippen LogP contribution in [0.5, 0.6) is 0 Å². The van der Waals surface area contributed by atoms with Gasteiger partial charge in [-0.15, -0.1) is 0 Å². The van der Waals surface area contributed by atoms with Crippen molar-refractivity contribution >= 4 is 11.6 Å². The van der Waals surface area contributed by atoms with Crippen LogP contribution in [0.1, 0.15) is 22.9 Å². The number of furan rings is 1. The molecule has 2 aromatic rings. The van der Waals surface area contributed by atoms with E-state index in [-0.39, 0.29) is 6.04 Å². The SMILES string of the molecule is Cn1ncc(C2NCCc3ccoc32)c1Cl. The Kier molecular flexibility index (Phi) is 2.26. The zero-order valence-corrected chi connectivity index (χ0v) is 9.66. The topological polar surface area (TPSA) is 43.0 Å². The van der Waals surface area contributed by atoms with Crippen LogP contribution in [-0.2, 0) is 13.5 Å². The van der Waals surface area contributed by atoms with Crippen LogP contribution < -0.4 is 5.32 Å². The van der Waals surface area contributed by atoms with Crippen molar-refractivity contribution in [1.29, 1.82) is 0 Å². The van der Waals surface area contributed by atoms with Gasteiger partial charge in [0, 0.05) is 19.2 Å². The van der Waals surface area contributed by atoms with Gasteiger partial charge in [0.2, 0.25) is 0 Å². The van der Waals surface area contributed by atoms with Crippen molar-refractivity contribution in [2.45, 2.75) is 12.5 Å². The third-order valence-corrected chi connectivity index (χ3v) is 3.45. The van der Waals surface area contributed by atoms with Gasteiger partial charge in [0.1, 0.15) is 10.9 Å². The molecule has 3 heterocycles. The van der Waals surface area contributed by atoms with Crippen LogP contribution in [0.4, 0.5) is 0 Å². The third-order valence-electron chi connectivity index (χ3n) is 2.99. The minimum absolute atomic E-state index is 0.0277. The van der Waals surface area contributed by atoms with E-state index in [1.54, 1.807) is 17.1 Å². The molecule has 1 atom stereocenters. The number of aryl methyl sites for hydroxylation is 1.